The fourth-order valence-corrected chi connectivity index (χ4v) is 2.13. The highest BCUT2D eigenvalue weighted by atomic mass is 14.9. The summed E-state index contributed by atoms with van der Waals surface area (Å²) in [5.41, 5.74) is 0. The molecule has 0 unspecified atom stereocenters. The third-order valence-electron chi connectivity index (χ3n) is 3.21. The largest absolute Gasteiger partial charge is 0.316 e. The van der Waals surface area contributed by atoms with Gasteiger partial charge >= 0.3 is 0 Å². The van der Waals surface area contributed by atoms with Crippen LogP contribution in [-0.4, -0.2) is 13.1 Å². The van der Waals surface area contributed by atoms with Gasteiger partial charge in [0.25, 0.3) is 0 Å². The molecule has 14 heavy (non-hydrogen) atoms. The first-order chi connectivity index (χ1) is 6.83. The quantitative estimate of drug-likeness (QED) is 0.683. The lowest BCUT2D eigenvalue weighted by Gasteiger charge is -2.26. The van der Waals surface area contributed by atoms with Crippen LogP contribution in [0.3, 0.4) is 0 Å². The summed E-state index contributed by atoms with van der Waals surface area (Å²) in [5.74, 6) is 1.85. The van der Waals surface area contributed by atoms with Crippen LogP contribution in [0.2, 0.25) is 0 Å². The van der Waals surface area contributed by atoms with Gasteiger partial charge in [0.15, 0.2) is 0 Å². The molecule has 0 bridgehead atoms. The molecule has 1 N–H and O–H groups in total. The molecule has 0 atom stereocenters. The molecule has 1 aliphatic rings. The lowest BCUT2D eigenvalue weighted by atomic mass is 9.83. The summed E-state index contributed by atoms with van der Waals surface area (Å²) in [6.07, 6.45) is 7.29. The zero-order valence-electron chi connectivity index (χ0n) is 9.26. The summed E-state index contributed by atoms with van der Waals surface area (Å²) in [5, 5.41) is 11.8. The van der Waals surface area contributed by atoms with Crippen molar-refractivity contribution in [2.45, 2.75) is 45.4 Å². The van der Waals surface area contributed by atoms with Crippen molar-refractivity contribution in [3.63, 3.8) is 0 Å². The minimum Gasteiger partial charge on any atom is -0.316 e. The first-order valence-corrected chi connectivity index (χ1v) is 5.90. The van der Waals surface area contributed by atoms with Crippen LogP contribution in [-0.2, 0) is 0 Å². The molecule has 1 fully saturated rings. The van der Waals surface area contributed by atoms with Crippen LogP contribution >= 0.6 is 0 Å². The SMILES string of the molecule is CC1CCC(CNCCCC#N)CC1. The predicted molar refractivity (Wildman–Crippen MR) is 58.8 cm³/mol. The van der Waals surface area contributed by atoms with Gasteiger partial charge in [0.2, 0.25) is 0 Å². The van der Waals surface area contributed by atoms with Crippen molar-refractivity contribution in [1.82, 2.24) is 5.32 Å². The Morgan fingerprint density at radius 2 is 2.00 bits per heavy atom. The third kappa shape index (κ3) is 4.62. The lowest BCUT2D eigenvalue weighted by molar-refractivity contribution is 0.282. The van der Waals surface area contributed by atoms with Crippen molar-refractivity contribution in [2.75, 3.05) is 13.1 Å². The van der Waals surface area contributed by atoms with Crippen LogP contribution in [0.1, 0.15) is 45.4 Å². The molecule has 80 valence electrons. The van der Waals surface area contributed by atoms with E-state index in [2.05, 4.69) is 18.3 Å². The van der Waals surface area contributed by atoms with E-state index in [-0.39, 0.29) is 0 Å². The van der Waals surface area contributed by atoms with Crippen LogP contribution in [0, 0.1) is 23.2 Å². The molecular formula is C12H22N2. The molecular weight excluding hydrogens is 172 g/mol. The molecule has 0 heterocycles. The van der Waals surface area contributed by atoms with E-state index < -0.39 is 0 Å². The van der Waals surface area contributed by atoms with Gasteiger partial charge in [-0.2, -0.15) is 5.26 Å². The zero-order chi connectivity index (χ0) is 10.2. The summed E-state index contributed by atoms with van der Waals surface area (Å²) in [6.45, 7) is 4.54. The van der Waals surface area contributed by atoms with E-state index in [9.17, 15) is 0 Å². The van der Waals surface area contributed by atoms with Gasteiger partial charge in [0.1, 0.15) is 0 Å². The molecule has 2 heteroatoms. The summed E-state index contributed by atoms with van der Waals surface area (Å²) < 4.78 is 0. The average molecular weight is 194 g/mol. The summed E-state index contributed by atoms with van der Waals surface area (Å²) >= 11 is 0. The van der Waals surface area contributed by atoms with Crippen molar-refractivity contribution in [3.05, 3.63) is 0 Å². The Morgan fingerprint density at radius 1 is 1.29 bits per heavy atom. The highest BCUT2D eigenvalue weighted by molar-refractivity contribution is 4.73. The van der Waals surface area contributed by atoms with Crippen LogP contribution in [0.25, 0.3) is 0 Å². The average Bonchev–Trinajstić information content (AvgIpc) is 2.21. The van der Waals surface area contributed by atoms with Gasteiger partial charge < -0.3 is 5.32 Å². The van der Waals surface area contributed by atoms with Gasteiger partial charge in [-0.3, -0.25) is 0 Å². The van der Waals surface area contributed by atoms with Gasteiger partial charge in [-0.1, -0.05) is 19.8 Å². The van der Waals surface area contributed by atoms with Gasteiger partial charge in [-0.25, -0.2) is 0 Å². The van der Waals surface area contributed by atoms with E-state index in [4.69, 9.17) is 5.26 Å². The lowest BCUT2D eigenvalue weighted by Crippen LogP contribution is -2.26. The molecule has 0 radical (unpaired) electrons. The summed E-state index contributed by atoms with van der Waals surface area (Å²) in [4.78, 5) is 0. The maximum Gasteiger partial charge on any atom is 0.0622 e. The summed E-state index contributed by atoms with van der Waals surface area (Å²) in [7, 11) is 0. The highest BCUT2D eigenvalue weighted by Gasteiger charge is 2.17. The number of hydrogen-bond donors (Lipinski definition) is 1. The van der Waals surface area contributed by atoms with E-state index in [1.54, 1.807) is 0 Å². The Hall–Kier alpha value is -0.550. The van der Waals surface area contributed by atoms with E-state index >= 15 is 0 Å². The molecule has 0 aliphatic heterocycles. The molecule has 1 saturated carbocycles. The third-order valence-corrected chi connectivity index (χ3v) is 3.21. The number of hydrogen-bond acceptors (Lipinski definition) is 2. The normalized spacial score (nSPS) is 27.1. The van der Waals surface area contributed by atoms with Crippen LogP contribution in [0.4, 0.5) is 0 Å². The Balaban J connectivity index is 1.94. The van der Waals surface area contributed by atoms with Crippen molar-refractivity contribution < 1.29 is 0 Å². The summed E-state index contributed by atoms with van der Waals surface area (Å²) in [6, 6.07) is 2.17. The van der Waals surface area contributed by atoms with Crippen LogP contribution < -0.4 is 5.32 Å². The Kier molecular flexibility index (Phi) is 5.63. The number of unbranched alkanes of at least 4 members (excludes halogenated alkanes) is 1. The van der Waals surface area contributed by atoms with E-state index in [0.717, 1.165) is 31.3 Å². The molecule has 0 amide bonds. The van der Waals surface area contributed by atoms with Gasteiger partial charge in [0.05, 0.1) is 6.07 Å². The fraction of sp³-hybridized carbons (Fsp3) is 0.917. The molecule has 2 nitrogen and oxygen atoms in total. The fourth-order valence-electron chi connectivity index (χ4n) is 2.13. The van der Waals surface area contributed by atoms with E-state index in [1.165, 1.54) is 25.7 Å². The molecule has 0 aromatic rings. The topological polar surface area (TPSA) is 35.8 Å². The Morgan fingerprint density at radius 3 is 2.64 bits per heavy atom. The molecule has 0 spiro atoms. The van der Waals surface area contributed by atoms with Crippen molar-refractivity contribution in [1.29, 1.82) is 5.26 Å². The number of rotatable bonds is 5. The standard InChI is InChI=1S/C12H22N2/c1-11-4-6-12(7-5-11)10-14-9-3-2-8-13/h11-12,14H,2-7,9-10H2,1H3. The van der Waals surface area contributed by atoms with E-state index in [0.29, 0.717) is 6.42 Å². The molecule has 1 rings (SSSR count). The number of nitriles is 1. The first kappa shape index (κ1) is 11.5. The molecule has 1 aliphatic carbocycles. The number of nitrogens with one attached hydrogen (secondary N) is 1. The second-order valence-corrected chi connectivity index (χ2v) is 4.59. The number of nitrogens with zero attached hydrogens (tertiary/aromatic N) is 1. The Labute approximate surface area is 87.7 Å². The molecule has 0 saturated heterocycles. The second-order valence-electron chi connectivity index (χ2n) is 4.59. The Bertz CT molecular complexity index is 175. The monoisotopic (exact) mass is 194 g/mol. The zero-order valence-corrected chi connectivity index (χ0v) is 9.26. The first-order valence-electron chi connectivity index (χ1n) is 5.90. The molecule has 0 aromatic carbocycles. The van der Waals surface area contributed by atoms with Gasteiger partial charge in [-0.05, 0) is 44.2 Å². The van der Waals surface area contributed by atoms with Crippen LogP contribution in [0.15, 0.2) is 0 Å². The van der Waals surface area contributed by atoms with E-state index in [1.807, 2.05) is 0 Å². The van der Waals surface area contributed by atoms with Crippen molar-refractivity contribution in [2.24, 2.45) is 11.8 Å². The minimum atomic E-state index is 0.689. The second kappa shape index (κ2) is 6.84. The molecule has 0 aromatic heterocycles. The maximum atomic E-state index is 8.37. The predicted octanol–water partition coefficient (Wildman–Crippen LogP) is 2.71. The van der Waals surface area contributed by atoms with Gasteiger partial charge in [-0.15, -0.1) is 0 Å². The smallest absolute Gasteiger partial charge is 0.0622 e. The van der Waals surface area contributed by atoms with Crippen molar-refractivity contribution in [3.8, 4) is 6.07 Å². The maximum absolute atomic E-state index is 8.37. The van der Waals surface area contributed by atoms with Crippen LogP contribution in [0.5, 0.6) is 0 Å². The van der Waals surface area contributed by atoms with Gasteiger partial charge in [0, 0.05) is 6.42 Å². The minimum absolute atomic E-state index is 0.689. The highest BCUT2D eigenvalue weighted by Crippen LogP contribution is 2.27. The van der Waals surface area contributed by atoms with Crippen molar-refractivity contribution >= 4 is 0 Å².